The second-order valence-corrected chi connectivity index (χ2v) is 7.24. The number of hydrogen-bond donors (Lipinski definition) is 2. The summed E-state index contributed by atoms with van der Waals surface area (Å²) < 4.78 is 3.59. The first-order valence-corrected chi connectivity index (χ1v) is 8.94. The van der Waals surface area contributed by atoms with Crippen molar-refractivity contribution >= 4 is 63.6 Å². The molecule has 0 saturated carbocycles. The lowest BCUT2D eigenvalue weighted by Crippen LogP contribution is -1.97. The first kappa shape index (κ1) is 16.5. The highest BCUT2D eigenvalue weighted by Gasteiger charge is 2.10. The molecule has 2 aromatic heterocycles. The van der Waals surface area contributed by atoms with E-state index in [4.69, 9.17) is 12.2 Å². The maximum atomic E-state index is 10.1. The molecule has 0 aliphatic carbocycles. The number of halogens is 2. The Kier molecular flexibility index (Phi) is 5.06. The van der Waals surface area contributed by atoms with Gasteiger partial charge in [0, 0.05) is 15.3 Å². The molecule has 0 unspecified atom stereocenters. The summed E-state index contributed by atoms with van der Waals surface area (Å²) in [4.78, 5) is 4.25. The lowest BCUT2D eigenvalue weighted by atomic mass is 10.2. The van der Waals surface area contributed by atoms with Crippen LogP contribution in [0.15, 0.2) is 41.6 Å². The Hall–Kier alpha value is -1.34. The monoisotopic (exact) mass is 549 g/mol. The molecule has 2 N–H and O–H groups in total. The van der Waals surface area contributed by atoms with Gasteiger partial charge in [0.2, 0.25) is 10.6 Å². The van der Waals surface area contributed by atoms with E-state index in [0.29, 0.717) is 21.9 Å². The highest BCUT2D eigenvalue weighted by atomic mass is 127. The van der Waals surface area contributed by atoms with Crippen LogP contribution in [0.2, 0.25) is 0 Å². The minimum Gasteiger partial charge on any atom is -0.506 e. The van der Waals surface area contributed by atoms with Crippen molar-refractivity contribution in [3.05, 3.63) is 54.0 Å². The highest BCUT2D eigenvalue weighted by molar-refractivity contribution is 14.1. The number of phenols is 1. The van der Waals surface area contributed by atoms with Crippen molar-refractivity contribution in [2.45, 2.75) is 0 Å². The number of aromatic amines is 1. The summed E-state index contributed by atoms with van der Waals surface area (Å²) in [6.45, 7) is 0. The highest BCUT2D eigenvalue weighted by Crippen LogP contribution is 2.26. The lowest BCUT2D eigenvalue weighted by Gasteiger charge is -2.03. The molecule has 0 aliphatic rings. The van der Waals surface area contributed by atoms with Gasteiger partial charge in [0.05, 0.1) is 9.78 Å². The van der Waals surface area contributed by atoms with E-state index in [2.05, 4.69) is 65.5 Å². The minimum absolute atomic E-state index is 0.184. The van der Waals surface area contributed by atoms with E-state index in [0.717, 1.165) is 7.14 Å². The molecule has 0 saturated heterocycles. The van der Waals surface area contributed by atoms with Gasteiger partial charge in [-0.05, 0) is 81.7 Å². The molecule has 0 aliphatic heterocycles. The molecular weight excluding hydrogens is 540 g/mol. The second-order valence-electron chi connectivity index (χ2n) is 4.45. The Morgan fingerprint density at radius 3 is 2.87 bits per heavy atom. The summed E-state index contributed by atoms with van der Waals surface area (Å²) in [5.74, 6) is 0.691. The third-order valence-electron chi connectivity index (χ3n) is 2.91. The van der Waals surface area contributed by atoms with Gasteiger partial charge in [-0.1, -0.05) is 6.07 Å². The quantitative estimate of drug-likeness (QED) is 0.296. The summed E-state index contributed by atoms with van der Waals surface area (Å²) in [7, 11) is 0. The fourth-order valence-corrected chi connectivity index (χ4v) is 3.93. The molecule has 0 radical (unpaired) electrons. The summed E-state index contributed by atoms with van der Waals surface area (Å²) in [5.41, 5.74) is 1.26. The predicted octanol–water partition coefficient (Wildman–Crippen LogP) is 3.80. The molecule has 9 heteroatoms. The third-order valence-corrected chi connectivity index (χ3v) is 4.62. The molecule has 3 aromatic rings. The van der Waals surface area contributed by atoms with Gasteiger partial charge in [-0.25, -0.2) is 5.10 Å². The number of nitrogens with one attached hydrogen (secondary N) is 1. The number of phenolic OH excluding ortho intramolecular Hbond substituents is 1. The standard InChI is InChI=1S/C14H9I2N5OS/c15-9-5-8(12(22)10(16)6-9)7-18-21-13(19-20-14(21)23)11-3-1-2-4-17-11/h1-7,22H,(H,20,23). The van der Waals surface area contributed by atoms with Crippen molar-refractivity contribution in [2.75, 3.05) is 0 Å². The molecule has 0 spiro atoms. The topological polar surface area (TPSA) is 79.1 Å². The van der Waals surface area contributed by atoms with Crippen LogP contribution in [0.4, 0.5) is 0 Å². The summed E-state index contributed by atoms with van der Waals surface area (Å²) in [5, 5.41) is 21.3. The van der Waals surface area contributed by atoms with Crippen LogP contribution < -0.4 is 0 Å². The summed E-state index contributed by atoms with van der Waals surface area (Å²) >= 11 is 9.48. The molecule has 0 atom stereocenters. The van der Waals surface area contributed by atoms with Crippen LogP contribution in [0.1, 0.15) is 5.56 Å². The van der Waals surface area contributed by atoms with E-state index in [1.54, 1.807) is 12.4 Å². The van der Waals surface area contributed by atoms with Crippen LogP contribution in [-0.2, 0) is 0 Å². The average molecular weight is 549 g/mol. The molecule has 0 fully saturated rings. The summed E-state index contributed by atoms with van der Waals surface area (Å²) in [6.07, 6.45) is 3.23. The number of aromatic hydroxyl groups is 1. The van der Waals surface area contributed by atoms with Crippen molar-refractivity contribution in [1.82, 2.24) is 19.9 Å². The van der Waals surface area contributed by atoms with Gasteiger partial charge in [-0.15, -0.1) is 0 Å². The molecule has 0 bridgehead atoms. The number of rotatable bonds is 3. The normalized spacial score (nSPS) is 11.2. The van der Waals surface area contributed by atoms with E-state index in [9.17, 15) is 5.11 Å². The number of benzene rings is 1. The van der Waals surface area contributed by atoms with Crippen molar-refractivity contribution in [3.8, 4) is 17.3 Å². The van der Waals surface area contributed by atoms with E-state index in [-0.39, 0.29) is 5.75 Å². The number of H-pyrrole nitrogens is 1. The third kappa shape index (κ3) is 3.61. The van der Waals surface area contributed by atoms with Crippen LogP contribution in [0.25, 0.3) is 11.5 Å². The molecule has 6 nitrogen and oxygen atoms in total. The Labute approximate surface area is 163 Å². The minimum atomic E-state index is 0.184. The Morgan fingerprint density at radius 2 is 2.13 bits per heavy atom. The zero-order valence-corrected chi connectivity index (χ0v) is 16.6. The molecule has 0 amide bonds. The Balaban J connectivity index is 2.05. The van der Waals surface area contributed by atoms with E-state index < -0.39 is 0 Å². The van der Waals surface area contributed by atoms with Gasteiger partial charge in [-0.3, -0.25) is 4.98 Å². The Morgan fingerprint density at radius 1 is 1.30 bits per heavy atom. The van der Waals surface area contributed by atoms with Gasteiger partial charge in [0.15, 0.2) is 0 Å². The maximum Gasteiger partial charge on any atom is 0.216 e. The van der Waals surface area contributed by atoms with Gasteiger partial charge in [-0.2, -0.15) is 14.9 Å². The lowest BCUT2D eigenvalue weighted by molar-refractivity contribution is 0.470. The Bertz CT molecular complexity index is 936. The van der Waals surface area contributed by atoms with Crippen LogP contribution in [0.5, 0.6) is 5.75 Å². The smallest absolute Gasteiger partial charge is 0.216 e. The van der Waals surface area contributed by atoms with Crippen LogP contribution in [-0.4, -0.2) is 31.2 Å². The average Bonchev–Trinajstić information content (AvgIpc) is 2.91. The molecule has 3 rings (SSSR count). The fraction of sp³-hybridized carbons (Fsp3) is 0. The van der Waals surface area contributed by atoms with Gasteiger partial charge in [0.1, 0.15) is 11.4 Å². The van der Waals surface area contributed by atoms with Crippen LogP contribution in [0.3, 0.4) is 0 Å². The van der Waals surface area contributed by atoms with Crippen LogP contribution in [0, 0.1) is 11.9 Å². The summed E-state index contributed by atoms with van der Waals surface area (Å²) in [6, 6.07) is 9.23. The second kappa shape index (κ2) is 7.05. The zero-order valence-electron chi connectivity index (χ0n) is 11.4. The first-order chi connectivity index (χ1) is 11.1. The fourth-order valence-electron chi connectivity index (χ4n) is 1.86. The van der Waals surface area contributed by atoms with Crippen molar-refractivity contribution < 1.29 is 5.11 Å². The molecule has 1 aromatic carbocycles. The molecule has 2 heterocycles. The molecular formula is C14H9I2N5OS. The van der Waals surface area contributed by atoms with E-state index >= 15 is 0 Å². The zero-order chi connectivity index (χ0) is 16.4. The van der Waals surface area contributed by atoms with Gasteiger partial charge >= 0.3 is 0 Å². The van der Waals surface area contributed by atoms with Crippen molar-refractivity contribution in [1.29, 1.82) is 0 Å². The predicted molar refractivity (Wildman–Crippen MR) is 107 cm³/mol. The van der Waals surface area contributed by atoms with Crippen LogP contribution >= 0.6 is 57.4 Å². The number of aromatic nitrogens is 4. The van der Waals surface area contributed by atoms with E-state index in [1.807, 2.05) is 30.3 Å². The van der Waals surface area contributed by atoms with Gasteiger partial charge < -0.3 is 5.11 Å². The van der Waals surface area contributed by atoms with Gasteiger partial charge in [0.25, 0.3) is 0 Å². The first-order valence-electron chi connectivity index (χ1n) is 6.37. The maximum absolute atomic E-state index is 10.1. The molecule has 23 heavy (non-hydrogen) atoms. The van der Waals surface area contributed by atoms with Crippen molar-refractivity contribution in [2.24, 2.45) is 5.10 Å². The number of nitrogens with zero attached hydrogens (tertiary/aromatic N) is 4. The molecule has 116 valence electrons. The number of pyridine rings is 1. The SMILES string of the molecule is Oc1c(I)cc(I)cc1C=Nn1c(-c2ccccn2)n[nH]c1=S. The van der Waals surface area contributed by atoms with Crippen molar-refractivity contribution in [3.63, 3.8) is 0 Å². The number of hydrogen-bond acceptors (Lipinski definition) is 5. The largest absolute Gasteiger partial charge is 0.506 e. The van der Waals surface area contributed by atoms with E-state index in [1.165, 1.54) is 4.68 Å².